The lowest BCUT2D eigenvalue weighted by Crippen LogP contribution is -2.35. The third kappa shape index (κ3) is 7.38. The molecule has 0 N–H and O–H groups in total. The van der Waals surface area contributed by atoms with Crippen LogP contribution in [0.3, 0.4) is 0 Å². The largest absolute Gasteiger partial charge is 0.489 e. The molecule has 0 amide bonds. The summed E-state index contributed by atoms with van der Waals surface area (Å²) in [6.07, 6.45) is 0. The molecule has 16 heterocycles. The molecule has 6 aromatic carbocycles. The van der Waals surface area contributed by atoms with Crippen LogP contribution in [0.5, 0.6) is 23.0 Å². The Morgan fingerprint density at radius 2 is 0.513 bits per heavy atom. The van der Waals surface area contributed by atoms with Gasteiger partial charge in [0.2, 0.25) is 0 Å². The molecule has 0 aromatic heterocycles. The van der Waals surface area contributed by atoms with Crippen molar-refractivity contribution in [2.24, 2.45) is 0 Å². The fourth-order valence-corrected chi connectivity index (χ4v) is 11.1. The van der Waals surface area contributed by atoms with Gasteiger partial charge in [-0.2, -0.15) is 0 Å². The van der Waals surface area contributed by atoms with Gasteiger partial charge in [0.15, 0.2) is 46.5 Å². The van der Waals surface area contributed by atoms with E-state index < -0.39 is 143 Å². The summed E-state index contributed by atoms with van der Waals surface area (Å²) in [5, 5.41) is 0. The Labute approximate surface area is 424 Å². The zero-order valence-corrected chi connectivity index (χ0v) is 40.0. The van der Waals surface area contributed by atoms with E-state index in [4.69, 9.17) is 37.9 Å². The molecule has 16 aliphatic heterocycles. The highest BCUT2D eigenvalue weighted by atomic mass is 19.2. The first-order chi connectivity index (χ1) is 36.5. The molecule has 0 unspecified atom stereocenters. The number of hydrogen-bond donors (Lipinski definition) is 0. The highest BCUT2D eigenvalue weighted by Crippen LogP contribution is 2.59. The van der Waals surface area contributed by atoms with E-state index in [2.05, 4.69) is 0 Å². The minimum Gasteiger partial charge on any atom is -0.489 e. The number of halogens is 8. The Hall–Kier alpha value is -8.68. The summed E-state index contributed by atoms with van der Waals surface area (Å²) in [7, 11) is 4.32. The molecule has 0 fully saturated rings. The van der Waals surface area contributed by atoms with Crippen LogP contribution in [-0.2, 0) is 64.6 Å². The molecule has 20 heteroatoms. The van der Waals surface area contributed by atoms with Gasteiger partial charge in [0.05, 0.1) is 73.0 Å². The van der Waals surface area contributed by atoms with Gasteiger partial charge in [-0.15, -0.1) is 0 Å². The summed E-state index contributed by atoms with van der Waals surface area (Å²) >= 11 is 0. The average molecular weight is 1050 g/mol. The van der Waals surface area contributed by atoms with Crippen molar-refractivity contribution in [2.75, 3.05) is 28.4 Å². The maximum atomic E-state index is 15.9. The minimum absolute atomic E-state index is 0.0937. The molecule has 388 valence electrons. The Bertz CT molecular complexity index is 3130. The molecule has 12 nitrogen and oxygen atoms in total. The summed E-state index contributed by atoms with van der Waals surface area (Å²) < 4.78 is 171. The zero-order valence-electron chi connectivity index (χ0n) is 40.0. The van der Waals surface area contributed by atoms with E-state index in [9.17, 15) is 19.2 Å². The first kappa shape index (κ1) is 49.5. The van der Waals surface area contributed by atoms with Gasteiger partial charge in [0, 0.05) is 23.7 Å². The van der Waals surface area contributed by atoms with E-state index in [0.29, 0.717) is 44.5 Å². The smallest absolute Gasteiger partial charge is 0.335 e. The van der Waals surface area contributed by atoms with Crippen molar-refractivity contribution >= 4 is 23.9 Å². The van der Waals surface area contributed by atoms with Crippen molar-refractivity contribution in [3.05, 3.63) is 208 Å². The highest BCUT2D eigenvalue weighted by Gasteiger charge is 2.51. The predicted octanol–water partition coefficient (Wildman–Crippen LogP) is 9.90. The molecule has 0 radical (unpaired) electrons. The molecule has 6 aliphatic carbocycles. The van der Waals surface area contributed by atoms with Gasteiger partial charge in [0.25, 0.3) is 0 Å². The van der Waals surface area contributed by atoms with Gasteiger partial charge >= 0.3 is 23.9 Å². The summed E-state index contributed by atoms with van der Waals surface area (Å²) in [5.41, 5.74) is -2.18. The lowest BCUT2D eigenvalue weighted by atomic mass is 9.61. The lowest BCUT2D eigenvalue weighted by molar-refractivity contribution is -0.140. The fraction of sp³-hybridized carbons (Fsp3) is 0.214. The van der Waals surface area contributed by atoms with Crippen molar-refractivity contribution < 1.29 is 92.2 Å². The molecule has 20 bridgehead atoms. The number of benzene rings is 6. The van der Waals surface area contributed by atoms with Crippen LogP contribution in [0, 0.1) is 46.5 Å². The predicted molar refractivity (Wildman–Crippen MR) is 245 cm³/mol. The van der Waals surface area contributed by atoms with Crippen LogP contribution < -0.4 is 18.9 Å². The van der Waals surface area contributed by atoms with Crippen molar-refractivity contribution in [2.45, 2.75) is 50.1 Å². The van der Waals surface area contributed by atoms with E-state index in [1.807, 2.05) is 0 Å². The Kier molecular flexibility index (Phi) is 12.1. The zero-order chi connectivity index (χ0) is 53.8. The molecule has 0 saturated heterocycles. The first-order valence-corrected chi connectivity index (χ1v) is 23.1. The number of esters is 4. The van der Waals surface area contributed by atoms with Crippen molar-refractivity contribution in [3.8, 4) is 23.0 Å². The molecule has 4 atom stereocenters. The molecule has 22 aliphatic rings. The molecular formula is C56H36F8O12. The van der Waals surface area contributed by atoms with E-state index in [1.165, 1.54) is 72.8 Å². The standard InChI is InChI=1S/C56H36F8O12/c1-69-53(65)41-37-25-9-5-22-14-30(25)38(42(41)54(66)70-2)26-10-6-21(13-29(26)37)73-17-33-45(57)49(61)35(50(62)46(33)58)19-75-23-7-11-27-31(15-23)39-28-12-8-24(16-32(28)40(27)44(56(68)72-4)43(39)55(67)71-3)76-20-36-51(63)47(59)34(18-74-22)48(60)52(36)64/h5-16,37-40H,17-20H2,1-4H3/t37-,38-,39-,40-/m1/s1. The van der Waals surface area contributed by atoms with Crippen LogP contribution in [0.2, 0.25) is 0 Å². The second-order valence-electron chi connectivity index (χ2n) is 18.1. The summed E-state index contributed by atoms with van der Waals surface area (Å²) in [5.74, 6) is -22.9. The maximum absolute atomic E-state index is 15.9. The molecule has 76 heavy (non-hydrogen) atoms. The van der Waals surface area contributed by atoms with Crippen LogP contribution >= 0.6 is 0 Å². The number of carbonyl (C=O) groups excluding carboxylic acids is 4. The number of carbonyl (C=O) groups is 4. The monoisotopic (exact) mass is 1050 g/mol. The lowest BCUT2D eigenvalue weighted by Gasteiger charge is -2.42. The SMILES string of the molecule is COC(=O)C1=C(C(=O)OC)[C@@H]2c3ccc4cc3[C@H]1c1ccc(cc12)OCc1c(F)c(F)c(c(F)c1F)COc1ccc2c(c1)[C@@H]1C(C(=O)OC)=C(C(=O)OC)[C@H]2c2cc(ccc21)OCc1c(F)c(F)c(c(F)c1F)CO4. The van der Waals surface area contributed by atoms with Crippen LogP contribution in [-0.4, -0.2) is 52.3 Å². The van der Waals surface area contributed by atoms with E-state index >= 15 is 35.1 Å². The summed E-state index contributed by atoms with van der Waals surface area (Å²) in [6.45, 7) is -4.19. The fourth-order valence-electron chi connectivity index (χ4n) is 11.1. The second kappa shape index (κ2) is 18.6. The van der Waals surface area contributed by atoms with Gasteiger partial charge in [-0.3, -0.25) is 0 Å². The minimum atomic E-state index is -1.78. The van der Waals surface area contributed by atoms with Crippen molar-refractivity contribution in [1.29, 1.82) is 0 Å². The molecule has 0 saturated carbocycles. The van der Waals surface area contributed by atoms with Crippen LogP contribution in [0.25, 0.3) is 0 Å². The van der Waals surface area contributed by atoms with Gasteiger partial charge in [-0.25, -0.2) is 54.3 Å². The quantitative estimate of drug-likeness (QED) is 0.0718. The van der Waals surface area contributed by atoms with E-state index in [0.717, 1.165) is 28.4 Å². The molecular weight excluding hydrogens is 1020 g/mol. The summed E-state index contributed by atoms with van der Waals surface area (Å²) in [6, 6.07) is 16.8. The van der Waals surface area contributed by atoms with Gasteiger partial charge < -0.3 is 37.9 Å². The normalized spacial score (nSPS) is 18.6. The topological polar surface area (TPSA) is 142 Å². The van der Waals surface area contributed by atoms with Crippen LogP contribution in [0.4, 0.5) is 35.1 Å². The first-order valence-electron chi connectivity index (χ1n) is 23.1. The molecule has 6 aromatic rings. The average Bonchev–Trinajstić information content (AvgIpc) is 3.50. The molecule has 28 rings (SSSR count). The van der Waals surface area contributed by atoms with Gasteiger partial charge in [0.1, 0.15) is 49.4 Å². The van der Waals surface area contributed by atoms with Gasteiger partial charge in [-0.05, 0) is 93.0 Å². The van der Waals surface area contributed by atoms with Gasteiger partial charge in [-0.1, -0.05) is 24.3 Å². The number of hydrogen-bond acceptors (Lipinski definition) is 12. The maximum Gasteiger partial charge on any atom is 0.335 e. The third-order valence-electron chi connectivity index (χ3n) is 14.5. The van der Waals surface area contributed by atoms with Crippen molar-refractivity contribution in [1.82, 2.24) is 0 Å². The van der Waals surface area contributed by atoms with Crippen LogP contribution in [0.15, 0.2) is 95.1 Å². The number of methoxy groups -OCH3 is 4. The Morgan fingerprint density at radius 1 is 0.329 bits per heavy atom. The third-order valence-corrected chi connectivity index (χ3v) is 14.5. The van der Waals surface area contributed by atoms with Crippen molar-refractivity contribution in [3.63, 3.8) is 0 Å². The van der Waals surface area contributed by atoms with Crippen LogP contribution in [0.1, 0.15) is 90.4 Å². The van der Waals surface area contributed by atoms with E-state index in [-0.39, 0.29) is 45.3 Å². The number of rotatable bonds is 4. The Balaban J connectivity index is 1.03. The highest BCUT2D eigenvalue weighted by molar-refractivity contribution is 6.07. The second-order valence-corrected chi connectivity index (χ2v) is 18.1. The molecule has 0 spiro atoms. The van der Waals surface area contributed by atoms with E-state index in [1.54, 1.807) is 0 Å². The Morgan fingerprint density at radius 3 is 0.684 bits per heavy atom. The summed E-state index contributed by atoms with van der Waals surface area (Å²) in [4.78, 5) is 54.2. The number of ether oxygens (including phenoxy) is 8.